The Hall–Kier alpha value is -4.20. The summed E-state index contributed by atoms with van der Waals surface area (Å²) >= 11 is 0. The second-order valence-corrected chi connectivity index (χ2v) is 11.7. The lowest BCUT2D eigenvalue weighted by atomic mass is 9.82. The number of pyridine rings is 1. The molecule has 1 N–H and O–H groups in total. The fourth-order valence-electron chi connectivity index (χ4n) is 6.46. The summed E-state index contributed by atoms with van der Waals surface area (Å²) in [6.45, 7) is 7.08. The van der Waals surface area contributed by atoms with Crippen LogP contribution in [0.4, 0.5) is 17.1 Å². The van der Waals surface area contributed by atoms with E-state index < -0.39 is 0 Å². The van der Waals surface area contributed by atoms with Crippen molar-refractivity contribution in [1.29, 1.82) is 0 Å². The molecule has 1 saturated heterocycles. The first kappa shape index (κ1) is 31.2. The van der Waals surface area contributed by atoms with Gasteiger partial charge in [0.15, 0.2) is 0 Å². The molecule has 2 heterocycles. The maximum Gasteiger partial charge on any atom is 0.224 e. The van der Waals surface area contributed by atoms with Gasteiger partial charge in [0.05, 0.1) is 5.70 Å². The van der Waals surface area contributed by atoms with Crippen LogP contribution in [0.1, 0.15) is 58.3 Å². The number of benzene rings is 1. The van der Waals surface area contributed by atoms with Gasteiger partial charge in [-0.2, -0.15) is 0 Å². The number of piperazine rings is 1. The van der Waals surface area contributed by atoms with Gasteiger partial charge in [0, 0.05) is 92.3 Å². The number of carbonyl (C=O) groups excluding carboxylic acids is 2. The molecule has 2 aliphatic carbocycles. The fraction of sp³-hybridized carbons (Fsp3) is 0.444. The van der Waals surface area contributed by atoms with Crippen molar-refractivity contribution in [3.8, 4) is 0 Å². The van der Waals surface area contributed by atoms with E-state index in [0.29, 0.717) is 25.3 Å². The van der Waals surface area contributed by atoms with Gasteiger partial charge >= 0.3 is 0 Å². The number of hydrogen-bond donors (Lipinski definition) is 1. The minimum atomic E-state index is -0.0458. The van der Waals surface area contributed by atoms with Gasteiger partial charge in [-0.15, -0.1) is 0 Å². The summed E-state index contributed by atoms with van der Waals surface area (Å²) in [4.78, 5) is 40.7. The van der Waals surface area contributed by atoms with Crippen molar-refractivity contribution in [3.63, 3.8) is 0 Å². The lowest BCUT2D eigenvalue weighted by Gasteiger charge is -2.37. The zero-order valence-corrected chi connectivity index (χ0v) is 26.0. The second-order valence-electron chi connectivity index (χ2n) is 11.7. The smallest absolute Gasteiger partial charge is 0.224 e. The van der Waals surface area contributed by atoms with Crippen molar-refractivity contribution in [2.24, 2.45) is 10.9 Å². The van der Waals surface area contributed by atoms with Crippen LogP contribution in [0, 0.1) is 5.92 Å². The molecule has 0 radical (unpaired) electrons. The first-order valence-electron chi connectivity index (χ1n) is 16.3. The van der Waals surface area contributed by atoms with E-state index in [1.807, 2.05) is 24.5 Å². The van der Waals surface area contributed by atoms with E-state index in [-0.39, 0.29) is 5.91 Å². The lowest BCUT2D eigenvalue weighted by molar-refractivity contribution is -0.118. The van der Waals surface area contributed by atoms with Crippen LogP contribution in [0.25, 0.3) is 0 Å². The molecule has 44 heavy (non-hydrogen) atoms. The number of carbonyl (C=O) groups is 2. The Morgan fingerprint density at radius 3 is 2.27 bits per heavy atom. The minimum absolute atomic E-state index is 0.0458. The Labute approximate surface area is 262 Å². The highest BCUT2D eigenvalue weighted by atomic mass is 16.1. The Morgan fingerprint density at radius 1 is 0.955 bits per heavy atom. The standard InChI is InChI=1S/C36H46N6O2/c1-2-38-36(29-10-5-3-6-11-29)33-12-7-4-8-13-34(33)42(28-43)23-9-14-35(44)39-30-15-17-31(18-16-30)40-24-26-41(27-25-40)32-19-21-37-22-20-32/h7-8,12-13,15-22,28-29H,2-6,9-11,14,23-27H2,1H3,(H,39,44). The van der Waals surface area contributed by atoms with Crippen molar-refractivity contribution in [2.75, 3.05) is 54.4 Å². The van der Waals surface area contributed by atoms with Crippen LogP contribution in [0.2, 0.25) is 0 Å². The van der Waals surface area contributed by atoms with Crippen LogP contribution in [-0.4, -0.2) is 67.2 Å². The summed E-state index contributed by atoms with van der Waals surface area (Å²) in [6.07, 6.45) is 20.8. The predicted molar refractivity (Wildman–Crippen MR) is 180 cm³/mol. The lowest BCUT2D eigenvalue weighted by Crippen LogP contribution is -2.46. The largest absolute Gasteiger partial charge is 0.368 e. The Kier molecular flexibility index (Phi) is 11.4. The third kappa shape index (κ3) is 8.24. The van der Waals surface area contributed by atoms with E-state index in [1.54, 1.807) is 4.90 Å². The van der Waals surface area contributed by atoms with E-state index in [9.17, 15) is 9.59 Å². The highest BCUT2D eigenvalue weighted by Gasteiger charge is 2.25. The molecule has 5 rings (SSSR count). The van der Waals surface area contributed by atoms with Crippen LogP contribution < -0.4 is 15.1 Å². The molecule has 1 saturated carbocycles. The van der Waals surface area contributed by atoms with Gasteiger partial charge in [-0.05, 0) is 75.1 Å². The number of amides is 2. The molecular weight excluding hydrogens is 548 g/mol. The van der Waals surface area contributed by atoms with Crippen molar-refractivity contribution in [3.05, 3.63) is 84.4 Å². The van der Waals surface area contributed by atoms with Crippen molar-refractivity contribution in [2.45, 2.75) is 58.3 Å². The fourth-order valence-corrected chi connectivity index (χ4v) is 6.46. The SMILES string of the molecule is CCN=C(C1=C(N(C=O)CCCC(=O)Nc2ccc(N3CCN(c4ccncc4)CC3)cc2)C=CCC=C1)C1CCCCC1. The second kappa shape index (κ2) is 16.0. The summed E-state index contributed by atoms with van der Waals surface area (Å²) in [5, 5.41) is 3.03. The highest BCUT2D eigenvalue weighted by Crippen LogP contribution is 2.31. The van der Waals surface area contributed by atoms with Gasteiger partial charge in [0.2, 0.25) is 12.3 Å². The molecule has 0 spiro atoms. The van der Waals surface area contributed by atoms with Crippen LogP contribution in [-0.2, 0) is 9.59 Å². The molecule has 1 aromatic heterocycles. The maximum absolute atomic E-state index is 12.8. The molecule has 2 fully saturated rings. The van der Waals surface area contributed by atoms with E-state index in [1.165, 1.54) is 24.9 Å². The number of hydrogen-bond acceptors (Lipinski definition) is 6. The Bertz CT molecular complexity index is 1350. The van der Waals surface area contributed by atoms with Gasteiger partial charge in [0.1, 0.15) is 0 Å². The van der Waals surface area contributed by atoms with E-state index in [0.717, 1.165) is 86.8 Å². The van der Waals surface area contributed by atoms with Gasteiger partial charge in [-0.25, -0.2) is 0 Å². The average molecular weight is 595 g/mol. The topological polar surface area (TPSA) is 81.1 Å². The van der Waals surface area contributed by atoms with Crippen molar-refractivity contribution >= 4 is 35.1 Å². The summed E-state index contributed by atoms with van der Waals surface area (Å²) in [5.41, 5.74) is 6.24. The van der Waals surface area contributed by atoms with E-state index in [4.69, 9.17) is 4.99 Å². The molecule has 2 amide bonds. The molecule has 1 aliphatic heterocycles. The minimum Gasteiger partial charge on any atom is -0.368 e. The summed E-state index contributed by atoms with van der Waals surface area (Å²) in [5.74, 6) is 0.391. The first-order valence-corrected chi connectivity index (χ1v) is 16.3. The third-order valence-electron chi connectivity index (χ3n) is 8.77. The van der Waals surface area contributed by atoms with Gasteiger partial charge in [-0.3, -0.25) is 19.6 Å². The van der Waals surface area contributed by atoms with Crippen LogP contribution in [0.15, 0.2) is 89.4 Å². The molecule has 0 bridgehead atoms. The van der Waals surface area contributed by atoms with Crippen LogP contribution >= 0.6 is 0 Å². The molecule has 1 aromatic carbocycles. The normalized spacial score (nSPS) is 17.9. The number of anilines is 3. The van der Waals surface area contributed by atoms with Crippen molar-refractivity contribution < 1.29 is 9.59 Å². The number of aromatic nitrogens is 1. The molecule has 232 valence electrons. The van der Waals surface area contributed by atoms with Crippen LogP contribution in [0.3, 0.4) is 0 Å². The zero-order valence-electron chi connectivity index (χ0n) is 26.0. The van der Waals surface area contributed by atoms with Crippen molar-refractivity contribution in [1.82, 2.24) is 9.88 Å². The summed E-state index contributed by atoms with van der Waals surface area (Å²) in [6, 6.07) is 12.2. The molecule has 8 heteroatoms. The number of rotatable bonds is 12. The van der Waals surface area contributed by atoms with Gasteiger partial charge in [0.25, 0.3) is 0 Å². The predicted octanol–water partition coefficient (Wildman–Crippen LogP) is 6.40. The Balaban J connectivity index is 1.14. The third-order valence-corrected chi connectivity index (χ3v) is 8.77. The van der Waals surface area contributed by atoms with E-state index >= 15 is 0 Å². The summed E-state index contributed by atoms with van der Waals surface area (Å²) < 4.78 is 0. The molecule has 2 aromatic rings. The highest BCUT2D eigenvalue weighted by molar-refractivity contribution is 6.05. The molecular formula is C36H46N6O2. The maximum atomic E-state index is 12.8. The van der Waals surface area contributed by atoms with Gasteiger partial charge < -0.3 is 20.0 Å². The average Bonchev–Trinajstić information content (AvgIpc) is 3.33. The quantitative estimate of drug-likeness (QED) is 0.227. The summed E-state index contributed by atoms with van der Waals surface area (Å²) in [7, 11) is 0. The molecule has 0 unspecified atom stereocenters. The molecule has 3 aliphatic rings. The molecule has 0 atom stereocenters. The number of allylic oxidation sites excluding steroid dienone is 5. The number of aliphatic imine (C=N–C) groups is 1. The van der Waals surface area contributed by atoms with E-state index in [2.05, 4.69) is 75.6 Å². The molecule has 8 nitrogen and oxygen atoms in total. The Morgan fingerprint density at radius 2 is 1.61 bits per heavy atom. The first-order chi connectivity index (χ1) is 21.7. The van der Waals surface area contributed by atoms with Crippen LogP contribution in [0.5, 0.6) is 0 Å². The number of nitrogens with one attached hydrogen (secondary N) is 1. The monoisotopic (exact) mass is 594 g/mol. The zero-order chi connectivity index (χ0) is 30.6. The number of nitrogens with zero attached hydrogens (tertiary/aromatic N) is 5. The van der Waals surface area contributed by atoms with Gasteiger partial charge in [-0.1, -0.05) is 37.5 Å².